The molecule has 1 N–H and O–H groups in total. The number of nitrogens with one attached hydrogen (secondary N) is 1. The highest BCUT2D eigenvalue weighted by Crippen LogP contribution is 2.23. The lowest BCUT2D eigenvalue weighted by Gasteiger charge is -2.22. The van der Waals surface area contributed by atoms with Crippen LogP contribution in [0.3, 0.4) is 0 Å². The van der Waals surface area contributed by atoms with Crippen LogP contribution in [0.4, 0.5) is 0 Å². The fourth-order valence-corrected chi connectivity index (χ4v) is 1.65. The second kappa shape index (κ2) is 2.49. The van der Waals surface area contributed by atoms with Crippen molar-refractivity contribution < 1.29 is 0 Å². The monoisotopic (exact) mass is 135 g/mol. The average molecular weight is 135 g/mol. The maximum absolute atomic E-state index is 3.41. The minimum atomic E-state index is 1.17. The van der Waals surface area contributed by atoms with Gasteiger partial charge in [0, 0.05) is 12.2 Å². The number of fused-ring (bicyclic) bond motifs is 1. The van der Waals surface area contributed by atoms with E-state index in [9.17, 15) is 0 Å². The number of hydrogen-bond acceptors (Lipinski definition) is 1. The van der Waals surface area contributed by atoms with Crippen LogP contribution in [0.2, 0.25) is 0 Å². The lowest BCUT2D eigenvalue weighted by atomic mass is 9.96. The molecule has 1 fully saturated rings. The van der Waals surface area contributed by atoms with E-state index in [4.69, 9.17) is 0 Å². The first-order valence-corrected chi connectivity index (χ1v) is 4.10. The van der Waals surface area contributed by atoms with Gasteiger partial charge in [-0.05, 0) is 31.3 Å². The molecule has 0 atom stereocenters. The van der Waals surface area contributed by atoms with Crippen LogP contribution in [-0.2, 0) is 0 Å². The third-order valence-corrected chi connectivity index (χ3v) is 2.19. The van der Waals surface area contributed by atoms with Gasteiger partial charge in [0.15, 0.2) is 0 Å². The normalized spacial score (nSPS) is 24.0. The van der Waals surface area contributed by atoms with Gasteiger partial charge < -0.3 is 5.32 Å². The SMILES string of the molecule is C1=C2CCCNC2=CCC1. The van der Waals surface area contributed by atoms with E-state index in [1.165, 1.54) is 37.9 Å². The van der Waals surface area contributed by atoms with E-state index in [1.54, 1.807) is 5.57 Å². The van der Waals surface area contributed by atoms with E-state index < -0.39 is 0 Å². The van der Waals surface area contributed by atoms with Crippen LogP contribution in [0, 0.1) is 0 Å². The summed E-state index contributed by atoms with van der Waals surface area (Å²) in [5.41, 5.74) is 2.97. The summed E-state index contributed by atoms with van der Waals surface area (Å²) in [4.78, 5) is 0. The van der Waals surface area contributed by atoms with Gasteiger partial charge in [0.05, 0.1) is 0 Å². The van der Waals surface area contributed by atoms with Crippen LogP contribution in [0.5, 0.6) is 0 Å². The Morgan fingerprint density at radius 2 is 2.10 bits per heavy atom. The van der Waals surface area contributed by atoms with E-state index in [1.807, 2.05) is 0 Å². The maximum Gasteiger partial charge on any atom is 0.0329 e. The fourth-order valence-electron chi connectivity index (χ4n) is 1.65. The van der Waals surface area contributed by atoms with E-state index in [-0.39, 0.29) is 0 Å². The van der Waals surface area contributed by atoms with Crippen LogP contribution in [0.25, 0.3) is 0 Å². The highest BCUT2D eigenvalue weighted by atomic mass is 14.9. The largest absolute Gasteiger partial charge is 0.385 e. The molecule has 10 heavy (non-hydrogen) atoms. The predicted molar refractivity (Wildman–Crippen MR) is 42.6 cm³/mol. The molecule has 0 saturated carbocycles. The summed E-state index contributed by atoms with van der Waals surface area (Å²) in [6, 6.07) is 0. The molecular formula is C9H13N. The van der Waals surface area contributed by atoms with E-state index in [0.29, 0.717) is 0 Å². The minimum absolute atomic E-state index is 1.17. The Hall–Kier alpha value is -0.720. The van der Waals surface area contributed by atoms with Gasteiger partial charge in [0.1, 0.15) is 0 Å². The molecule has 0 spiro atoms. The summed E-state index contributed by atoms with van der Waals surface area (Å²) >= 11 is 0. The zero-order chi connectivity index (χ0) is 6.81. The van der Waals surface area contributed by atoms with Crippen LogP contribution in [0.1, 0.15) is 25.7 Å². The Balaban J connectivity index is 2.19. The Kier molecular flexibility index (Phi) is 1.50. The molecule has 0 aromatic heterocycles. The Morgan fingerprint density at radius 3 is 3.00 bits per heavy atom. The smallest absolute Gasteiger partial charge is 0.0329 e. The van der Waals surface area contributed by atoms with Crippen LogP contribution in [-0.4, -0.2) is 6.54 Å². The molecule has 0 aromatic carbocycles. The standard InChI is InChI=1S/C9H13N/c1-2-6-9-8(4-1)5-3-7-10-9/h4,6,10H,1-3,5,7H2. The molecule has 0 amide bonds. The first-order valence-electron chi connectivity index (χ1n) is 4.10. The van der Waals surface area contributed by atoms with Crippen molar-refractivity contribution in [1.82, 2.24) is 5.32 Å². The van der Waals surface area contributed by atoms with Crippen molar-refractivity contribution in [1.29, 1.82) is 0 Å². The predicted octanol–water partition coefficient (Wildman–Crippen LogP) is 1.97. The van der Waals surface area contributed by atoms with E-state index in [2.05, 4.69) is 17.5 Å². The molecule has 1 aliphatic carbocycles. The summed E-state index contributed by atoms with van der Waals surface area (Å²) < 4.78 is 0. The van der Waals surface area contributed by atoms with E-state index in [0.717, 1.165) is 0 Å². The maximum atomic E-state index is 3.41. The van der Waals surface area contributed by atoms with Gasteiger partial charge in [0.25, 0.3) is 0 Å². The molecule has 1 heterocycles. The van der Waals surface area contributed by atoms with Gasteiger partial charge in [-0.3, -0.25) is 0 Å². The van der Waals surface area contributed by atoms with Gasteiger partial charge in [-0.2, -0.15) is 0 Å². The average Bonchev–Trinajstić information content (AvgIpc) is 2.05. The van der Waals surface area contributed by atoms with Crippen molar-refractivity contribution >= 4 is 0 Å². The van der Waals surface area contributed by atoms with Gasteiger partial charge >= 0.3 is 0 Å². The van der Waals surface area contributed by atoms with Gasteiger partial charge in [-0.1, -0.05) is 12.2 Å². The minimum Gasteiger partial charge on any atom is -0.385 e. The summed E-state index contributed by atoms with van der Waals surface area (Å²) in [5.74, 6) is 0. The third kappa shape index (κ3) is 0.962. The lowest BCUT2D eigenvalue weighted by Crippen LogP contribution is -2.22. The topological polar surface area (TPSA) is 12.0 Å². The van der Waals surface area contributed by atoms with E-state index >= 15 is 0 Å². The highest BCUT2D eigenvalue weighted by Gasteiger charge is 2.11. The van der Waals surface area contributed by atoms with Crippen LogP contribution in [0.15, 0.2) is 23.4 Å². The Bertz CT molecular complexity index is 167. The molecule has 2 aliphatic rings. The zero-order valence-electron chi connectivity index (χ0n) is 6.19. The molecule has 1 aliphatic heterocycles. The number of allylic oxidation sites excluding steroid dienone is 3. The first kappa shape index (κ1) is 6.02. The number of rotatable bonds is 0. The molecule has 1 saturated heterocycles. The summed E-state index contributed by atoms with van der Waals surface area (Å²) in [7, 11) is 0. The van der Waals surface area contributed by atoms with Gasteiger partial charge in [-0.15, -0.1) is 0 Å². The van der Waals surface area contributed by atoms with Crippen molar-refractivity contribution in [2.45, 2.75) is 25.7 Å². The fraction of sp³-hybridized carbons (Fsp3) is 0.556. The van der Waals surface area contributed by atoms with Crippen molar-refractivity contribution in [2.75, 3.05) is 6.54 Å². The molecule has 1 nitrogen and oxygen atoms in total. The second-order valence-corrected chi connectivity index (χ2v) is 2.95. The summed E-state index contributed by atoms with van der Waals surface area (Å²) in [6.07, 6.45) is 9.78. The van der Waals surface area contributed by atoms with Crippen molar-refractivity contribution in [3.05, 3.63) is 23.4 Å². The first-order chi connectivity index (χ1) is 4.97. The number of piperidine rings is 1. The molecular weight excluding hydrogens is 122 g/mol. The highest BCUT2D eigenvalue weighted by molar-refractivity contribution is 5.33. The van der Waals surface area contributed by atoms with Crippen molar-refractivity contribution in [3.8, 4) is 0 Å². The number of hydrogen-bond donors (Lipinski definition) is 1. The second-order valence-electron chi connectivity index (χ2n) is 2.95. The summed E-state index contributed by atoms with van der Waals surface area (Å²) in [5, 5.41) is 3.41. The van der Waals surface area contributed by atoms with Crippen molar-refractivity contribution in [3.63, 3.8) is 0 Å². The lowest BCUT2D eigenvalue weighted by molar-refractivity contribution is 0.654. The molecule has 54 valence electrons. The molecule has 0 bridgehead atoms. The Labute approximate surface area is 61.8 Å². The molecule has 2 rings (SSSR count). The molecule has 1 heteroatoms. The molecule has 0 aromatic rings. The zero-order valence-corrected chi connectivity index (χ0v) is 6.19. The quantitative estimate of drug-likeness (QED) is 0.535. The molecule has 0 unspecified atom stereocenters. The van der Waals surface area contributed by atoms with Crippen LogP contribution >= 0.6 is 0 Å². The van der Waals surface area contributed by atoms with Gasteiger partial charge in [-0.25, -0.2) is 0 Å². The third-order valence-electron chi connectivity index (χ3n) is 2.19. The summed E-state index contributed by atoms with van der Waals surface area (Å²) in [6.45, 7) is 1.17. The van der Waals surface area contributed by atoms with Crippen molar-refractivity contribution in [2.24, 2.45) is 0 Å². The molecule has 0 radical (unpaired) electrons. The Morgan fingerprint density at radius 1 is 1.20 bits per heavy atom. The van der Waals surface area contributed by atoms with Gasteiger partial charge in [0.2, 0.25) is 0 Å². The van der Waals surface area contributed by atoms with Crippen LogP contribution < -0.4 is 5.32 Å².